The van der Waals surface area contributed by atoms with Crippen LogP contribution < -0.4 is 10.6 Å². The Morgan fingerprint density at radius 2 is 1.45 bits per heavy atom. The summed E-state index contributed by atoms with van der Waals surface area (Å²) in [5.41, 5.74) is 0. The maximum Gasteiger partial charge on any atom is 0.328 e. The second-order valence-corrected chi connectivity index (χ2v) is 4.47. The molecule has 2 N–H and O–H groups in total. The van der Waals surface area contributed by atoms with Crippen molar-refractivity contribution in [2.75, 3.05) is 10.6 Å². The largest absolute Gasteiger partial charge is 0.328 e. The first-order valence-corrected chi connectivity index (χ1v) is 6.84. The topological polar surface area (TPSA) is 76.8 Å². The fourth-order valence-electron chi connectivity index (χ4n) is 1.94. The molecule has 0 atom stereocenters. The van der Waals surface area contributed by atoms with Gasteiger partial charge in [-0.15, -0.1) is 0 Å². The minimum Gasteiger partial charge on any atom is -0.317 e. The van der Waals surface area contributed by atoms with Gasteiger partial charge in [-0.2, -0.15) is 0 Å². The van der Waals surface area contributed by atoms with Gasteiger partial charge in [0, 0.05) is 37.9 Å². The van der Waals surface area contributed by atoms with Crippen LogP contribution in [0.4, 0.5) is 16.7 Å². The van der Waals surface area contributed by atoms with Crippen molar-refractivity contribution in [2.24, 2.45) is 0 Å². The molecule has 2 aromatic rings. The van der Waals surface area contributed by atoms with E-state index in [2.05, 4.69) is 34.4 Å². The number of urea groups is 1. The molecule has 0 spiro atoms. The lowest BCUT2D eigenvalue weighted by atomic mass is 10.5. The van der Waals surface area contributed by atoms with E-state index < -0.39 is 0 Å². The number of amides is 2. The molecule has 108 valence electrons. The van der Waals surface area contributed by atoms with Gasteiger partial charge in [-0.1, -0.05) is 13.8 Å². The normalized spacial score (nSPS) is 10.5. The Bertz CT molecular complexity index is 510. The zero-order valence-electron chi connectivity index (χ0n) is 11.8. The number of nitrogens with one attached hydrogen (secondary N) is 2. The lowest BCUT2D eigenvalue weighted by molar-refractivity contribution is 0.261. The molecule has 7 nitrogen and oxygen atoms in total. The van der Waals surface area contributed by atoms with Gasteiger partial charge in [0.2, 0.25) is 11.9 Å². The SMILES string of the molecule is CCCn1ccnc1NC(=O)Nc1nccn1CCC. The molecule has 0 saturated heterocycles. The molecule has 0 aromatic carbocycles. The number of aromatic nitrogens is 4. The highest BCUT2D eigenvalue weighted by molar-refractivity contribution is 5.97. The van der Waals surface area contributed by atoms with Crippen molar-refractivity contribution in [3.05, 3.63) is 24.8 Å². The second kappa shape index (κ2) is 6.74. The third-order valence-electron chi connectivity index (χ3n) is 2.81. The van der Waals surface area contributed by atoms with Gasteiger partial charge in [0.05, 0.1) is 0 Å². The number of nitrogens with zero attached hydrogens (tertiary/aromatic N) is 4. The Kier molecular flexibility index (Phi) is 4.75. The molecule has 0 unspecified atom stereocenters. The predicted octanol–water partition coefficient (Wildman–Crippen LogP) is 2.54. The summed E-state index contributed by atoms with van der Waals surface area (Å²) in [5.74, 6) is 1.08. The summed E-state index contributed by atoms with van der Waals surface area (Å²) in [6.45, 7) is 5.79. The van der Waals surface area contributed by atoms with Crippen LogP contribution in [-0.4, -0.2) is 25.1 Å². The highest BCUT2D eigenvalue weighted by Crippen LogP contribution is 2.08. The number of imidazole rings is 2. The smallest absolute Gasteiger partial charge is 0.317 e. The van der Waals surface area contributed by atoms with Gasteiger partial charge in [-0.05, 0) is 12.8 Å². The van der Waals surface area contributed by atoms with Crippen molar-refractivity contribution in [1.29, 1.82) is 0 Å². The van der Waals surface area contributed by atoms with E-state index >= 15 is 0 Å². The average Bonchev–Trinajstić information content (AvgIpc) is 3.02. The van der Waals surface area contributed by atoms with Crippen molar-refractivity contribution < 1.29 is 4.79 Å². The number of rotatable bonds is 6. The first-order chi connectivity index (χ1) is 9.74. The first kappa shape index (κ1) is 14.1. The van der Waals surface area contributed by atoms with Crippen molar-refractivity contribution >= 4 is 17.9 Å². The highest BCUT2D eigenvalue weighted by atomic mass is 16.2. The number of aryl methyl sites for hydroxylation is 2. The van der Waals surface area contributed by atoms with E-state index in [9.17, 15) is 4.79 Å². The van der Waals surface area contributed by atoms with Crippen molar-refractivity contribution in [3.8, 4) is 0 Å². The Balaban J connectivity index is 1.98. The number of anilines is 2. The molecule has 2 heterocycles. The summed E-state index contributed by atoms with van der Waals surface area (Å²) in [4.78, 5) is 20.2. The van der Waals surface area contributed by atoms with Crippen LogP contribution in [0.25, 0.3) is 0 Å². The van der Waals surface area contributed by atoms with Gasteiger partial charge in [0.1, 0.15) is 0 Å². The molecule has 0 aliphatic carbocycles. The molecule has 0 radical (unpaired) electrons. The van der Waals surface area contributed by atoms with Gasteiger partial charge >= 0.3 is 6.03 Å². The molecule has 0 saturated carbocycles. The van der Waals surface area contributed by atoms with Gasteiger partial charge < -0.3 is 9.13 Å². The monoisotopic (exact) mass is 276 g/mol. The maximum atomic E-state index is 12.0. The van der Waals surface area contributed by atoms with Gasteiger partial charge in [-0.25, -0.2) is 14.8 Å². The van der Waals surface area contributed by atoms with Gasteiger partial charge in [0.25, 0.3) is 0 Å². The maximum absolute atomic E-state index is 12.0. The Morgan fingerprint density at radius 1 is 1.00 bits per heavy atom. The summed E-state index contributed by atoms with van der Waals surface area (Å²) in [5, 5.41) is 5.46. The molecule has 2 rings (SSSR count). The summed E-state index contributed by atoms with van der Waals surface area (Å²) < 4.78 is 3.80. The van der Waals surface area contributed by atoms with Crippen LogP contribution in [0, 0.1) is 0 Å². The lowest BCUT2D eigenvalue weighted by Gasteiger charge is -2.10. The van der Waals surface area contributed by atoms with E-state index in [1.807, 2.05) is 21.5 Å². The van der Waals surface area contributed by atoms with Crippen LogP contribution in [-0.2, 0) is 13.1 Å². The molecule has 0 fully saturated rings. The zero-order valence-corrected chi connectivity index (χ0v) is 11.8. The van der Waals surface area contributed by atoms with E-state index in [4.69, 9.17) is 0 Å². The average molecular weight is 276 g/mol. The van der Waals surface area contributed by atoms with Crippen LogP contribution >= 0.6 is 0 Å². The molecule has 20 heavy (non-hydrogen) atoms. The predicted molar refractivity (Wildman–Crippen MR) is 77.7 cm³/mol. The van der Waals surface area contributed by atoms with Gasteiger partial charge in [0.15, 0.2) is 0 Å². The van der Waals surface area contributed by atoms with E-state index in [1.165, 1.54) is 0 Å². The molecule has 7 heteroatoms. The Morgan fingerprint density at radius 3 is 1.85 bits per heavy atom. The van der Waals surface area contributed by atoms with E-state index in [-0.39, 0.29) is 6.03 Å². The Hall–Kier alpha value is -2.31. The molecular formula is C13H20N6O. The molecule has 2 aromatic heterocycles. The van der Waals surface area contributed by atoms with Crippen LogP contribution in [0.5, 0.6) is 0 Å². The molecule has 0 bridgehead atoms. The summed E-state index contributed by atoms with van der Waals surface area (Å²) in [7, 11) is 0. The second-order valence-electron chi connectivity index (χ2n) is 4.47. The fourth-order valence-corrected chi connectivity index (χ4v) is 1.94. The highest BCUT2D eigenvalue weighted by Gasteiger charge is 2.10. The number of carbonyl (C=O) groups is 1. The van der Waals surface area contributed by atoms with Crippen LogP contribution in [0.3, 0.4) is 0 Å². The standard InChI is InChI=1S/C13H20N6O/c1-3-7-18-9-5-14-11(18)16-13(20)17-12-15-6-10-19(12)8-4-2/h5-6,9-10H,3-4,7-8H2,1-2H3,(H2,14,15,16,17,20). The van der Waals surface area contributed by atoms with Crippen LogP contribution in [0.15, 0.2) is 24.8 Å². The summed E-state index contributed by atoms with van der Waals surface area (Å²) in [6.07, 6.45) is 8.99. The van der Waals surface area contributed by atoms with Crippen molar-refractivity contribution in [2.45, 2.75) is 39.8 Å². The third-order valence-corrected chi connectivity index (χ3v) is 2.81. The molecular weight excluding hydrogens is 256 g/mol. The summed E-state index contributed by atoms with van der Waals surface area (Å²) in [6, 6.07) is -0.336. The Labute approximate surface area is 118 Å². The quantitative estimate of drug-likeness (QED) is 0.851. The van der Waals surface area contributed by atoms with E-state index in [1.54, 1.807) is 12.4 Å². The van der Waals surface area contributed by atoms with E-state index in [0.717, 1.165) is 25.9 Å². The van der Waals surface area contributed by atoms with Crippen molar-refractivity contribution in [1.82, 2.24) is 19.1 Å². The zero-order chi connectivity index (χ0) is 14.4. The van der Waals surface area contributed by atoms with E-state index in [0.29, 0.717) is 11.9 Å². The minimum atomic E-state index is -0.336. The number of hydrogen-bond donors (Lipinski definition) is 2. The molecule has 0 aliphatic heterocycles. The molecule has 0 aliphatic rings. The van der Waals surface area contributed by atoms with Crippen LogP contribution in [0.2, 0.25) is 0 Å². The lowest BCUT2D eigenvalue weighted by Crippen LogP contribution is -2.23. The minimum absolute atomic E-state index is 0.336. The number of hydrogen-bond acceptors (Lipinski definition) is 3. The fraction of sp³-hybridized carbons (Fsp3) is 0.462. The summed E-state index contributed by atoms with van der Waals surface area (Å²) >= 11 is 0. The van der Waals surface area contributed by atoms with Gasteiger partial charge in [-0.3, -0.25) is 10.6 Å². The van der Waals surface area contributed by atoms with Crippen LogP contribution in [0.1, 0.15) is 26.7 Å². The first-order valence-electron chi connectivity index (χ1n) is 6.84. The molecule has 2 amide bonds. The third kappa shape index (κ3) is 3.37. The van der Waals surface area contributed by atoms with Crippen molar-refractivity contribution in [3.63, 3.8) is 0 Å². The number of carbonyl (C=O) groups excluding carboxylic acids is 1.